The van der Waals surface area contributed by atoms with Crippen molar-refractivity contribution in [1.29, 1.82) is 0 Å². The molecular formula is C16H20FNOS. The lowest BCUT2D eigenvalue weighted by molar-refractivity contribution is 0.321. The molecule has 0 aliphatic carbocycles. The van der Waals surface area contributed by atoms with Crippen LogP contribution in [0.15, 0.2) is 24.3 Å². The monoisotopic (exact) mass is 293 g/mol. The lowest BCUT2D eigenvalue weighted by atomic mass is 10.1. The second-order valence-corrected chi connectivity index (χ2v) is 6.27. The number of hydrogen-bond acceptors (Lipinski definition) is 3. The van der Waals surface area contributed by atoms with E-state index >= 15 is 0 Å². The van der Waals surface area contributed by atoms with Crippen LogP contribution in [0.2, 0.25) is 0 Å². The molecule has 0 aliphatic rings. The molecule has 1 unspecified atom stereocenters. The zero-order valence-electron chi connectivity index (χ0n) is 12.3. The number of thiophene rings is 1. The third kappa shape index (κ3) is 3.31. The van der Waals surface area contributed by atoms with Crippen molar-refractivity contribution >= 4 is 17.0 Å². The first kappa shape index (κ1) is 14.9. The van der Waals surface area contributed by atoms with Gasteiger partial charge < -0.3 is 10.1 Å². The average molecular weight is 293 g/mol. The summed E-state index contributed by atoms with van der Waals surface area (Å²) in [7, 11) is 0. The summed E-state index contributed by atoms with van der Waals surface area (Å²) in [6.45, 7) is 8.61. The van der Waals surface area contributed by atoms with Crippen LogP contribution in [-0.4, -0.2) is 6.61 Å². The Hall–Kier alpha value is -1.55. The van der Waals surface area contributed by atoms with E-state index in [1.165, 1.54) is 21.4 Å². The molecular weight excluding hydrogens is 273 g/mol. The number of halogens is 1. The largest absolute Gasteiger partial charge is 0.491 e. The van der Waals surface area contributed by atoms with Crippen molar-refractivity contribution in [2.45, 2.75) is 33.7 Å². The van der Waals surface area contributed by atoms with E-state index in [4.69, 9.17) is 4.74 Å². The van der Waals surface area contributed by atoms with Gasteiger partial charge in [0.2, 0.25) is 0 Å². The molecule has 0 amide bonds. The van der Waals surface area contributed by atoms with Gasteiger partial charge in [-0.05, 0) is 51.5 Å². The van der Waals surface area contributed by atoms with Crippen molar-refractivity contribution in [3.63, 3.8) is 0 Å². The summed E-state index contributed by atoms with van der Waals surface area (Å²) >= 11 is 1.79. The minimum atomic E-state index is -0.331. The quantitative estimate of drug-likeness (QED) is 0.830. The fraction of sp³-hybridized carbons (Fsp3) is 0.375. The van der Waals surface area contributed by atoms with Gasteiger partial charge >= 0.3 is 0 Å². The Kier molecular flexibility index (Phi) is 4.65. The van der Waals surface area contributed by atoms with E-state index in [1.54, 1.807) is 17.4 Å². The van der Waals surface area contributed by atoms with Crippen molar-refractivity contribution in [3.05, 3.63) is 45.4 Å². The molecule has 0 radical (unpaired) electrons. The van der Waals surface area contributed by atoms with Crippen molar-refractivity contribution < 1.29 is 9.13 Å². The lowest BCUT2D eigenvalue weighted by Gasteiger charge is -2.16. The van der Waals surface area contributed by atoms with Crippen LogP contribution < -0.4 is 10.1 Å². The summed E-state index contributed by atoms with van der Waals surface area (Å²) in [5, 5.41) is 3.33. The van der Waals surface area contributed by atoms with Crippen LogP contribution in [-0.2, 0) is 0 Å². The van der Waals surface area contributed by atoms with Crippen molar-refractivity contribution in [3.8, 4) is 5.75 Å². The normalized spacial score (nSPS) is 12.2. The molecule has 0 saturated heterocycles. The third-order valence-corrected chi connectivity index (χ3v) is 4.14. The molecule has 2 rings (SSSR count). The Morgan fingerprint density at radius 2 is 2.05 bits per heavy atom. The molecule has 2 aromatic rings. The zero-order valence-corrected chi connectivity index (χ0v) is 13.1. The van der Waals surface area contributed by atoms with E-state index in [2.05, 4.69) is 32.2 Å². The Labute approximate surface area is 123 Å². The summed E-state index contributed by atoms with van der Waals surface area (Å²) in [6, 6.07) is 7.33. The fourth-order valence-electron chi connectivity index (χ4n) is 2.27. The zero-order chi connectivity index (χ0) is 14.7. The maximum Gasteiger partial charge on any atom is 0.167 e. The van der Waals surface area contributed by atoms with Gasteiger partial charge in [0.15, 0.2) is 11.6 Å². The van der Waals surface area contributed by atoms with Gasteiger partial charge in [-0.1, -0.05) is 0 Å². The maximum absolute atomic E-state index is 13.8. The molecule has 1 N–H and O–H groups in total. The van der Waals surface area contributed by atoms with Gasteiger partial charge in [-0.25, -0.2) is 4.39 Å². The predicted octanol–water partition coefficient (Wildman–Crippen LogP) is 5.08. The van der Waals surface area contributed by atoms with E-state index in [1.807, 2.05) is 13.0 Å². The van der Waals surface area contributed by atoms with Gasteiger partial charge in [0, 0.05) is 27.5 Å². The molecule has 1 aromatic heterocycles. The molecule has 0 bridgehead atoms. The highest BCUT2D eigenvalue weighted by molar-refractivity contribution is 7.12. The predicted molar refractivity (Wildman–Crippen MR) is 83.4 cm³/mol. The molecule has 4 heteroatoms. The lowest BCUT2D eigenvalue weighted by Crippen LogP contribution is -2.07. The molecule has 0 aliphatic heterocycles. The number of nitrogens with one attached hydrogen (secondary N) is 1. The average Bonchev–Trinajstić information content (AvgIpc) is 2.72. The molecule has 1 aromatic carbocycles. The summed E-state index contributed by atoms with van der Waals surface area (Å²) in [5.74, 6) is -0.0319. The van der Waals surface area contributed by atoms with E-state index in [0.717, 1.165) is 5.69 Å². The number of rotatable bonds is 5. The second-order valence-electron chi connectivity index (χ2n) is 4.81. The second kappa shape index (κ2) is 6.27. The SMILES string of the molecule is CCOc1ccc(NC(C)c2cc(C)sc2C)cc1F. The summed E-state index contributed by atoms with van der Waals surface area (Å²) in [5.41, 5.74) is 2.03. The minimum Gasteiger partial charge on any atom is -0.491 e. The number of benzene rings is 1. The summed E-state index contributed by atoms with van der Waals surface area (Å²) < 4.78 is 19.0. The van der Waals surface area contributed by atoms with Crippen molar-refractivity contribution in [1.82, 2.24) is 0 Å². The molecule has 0 saturated carbocycles. The van der Waals surface area contributed by atoms with Gasteiger partial charge in [-0.2, -0.15) is 0 Å². The molecule has 1 atom stereocenters. The molecule has 0 spiro atoms. The molecule has 1 heterocycles. The summed E-state index contributed by atoms with van der Waals surface area (Å²) in [6.07, 6.45) is 0. The van der Waals surface area contributed by atoms with Gasteiger partial charge in [0.05, 0.1) is 6.61 Å². The Morgan fingerprint density at radius 1 is 1.30 bits per heavy atom. The van der Waals surface area contributed by atoms with Crippen molar-refractivity contribution in [2.75, 3.05) is 11.9 Å². The van der Waals surface area contributed by atoms with Crippen LogP contribution in [0.1, 0.15) is 35.2 Å². The van der Waals surface area contributed by atoms with Gasteiger partial charge in [-0.3, -0.25) is 0 Å². The maximum atomic E-state index is 13.8. The number of anilines is 1. The van der Waals surface area contributed by atoms with E-state index in [9.17, 15) is 4.39 Å². The third-order valence-electron chi connectivity index (χ3n) is 3.16. The highest BCUT2D eigenvalue weighted by Crippen LogP contribution is 2.29. The number of aryl methyl sites for hydroxylation is 2. The van der Waals surface area contributed by atoms with Crippen LogP contribution in [0.3, 0.4) is 0 Å². The van der Waals surface area contributed by atoms with Crippen LogP contribution in [0, 0.1) is 19.7 Å². The highest BCUT2D eigenvalue weighted by atomic mass is 32.1. The smallest absolute Gasteiger partial charge is 0.167 e. The Morgan fingerprint density at radius 3 is 2.60 bits per heavy atom. The molecule has 108 valence electrons. The van der Waals surface area contributed by atoms with E-state index in [-0.39, 0.29) is 11.9 Å². The molecule has 2 nitrogen and oxygen atoms in total. The summed E-state index contributed by atoms with van der Waals surface area (Å²) in [4.78, 5) is 2.60. The van der Waals surface area contributed by atoms with Gasteiger partial charge in [0.25, 0.3) is 0 Å². The first-order valence-corrected chi connectivity index (χ1v) is 7.58. The number of ether oxygens (including phenoxy) is 1. The first-order valence-electron chi connectivity index (χ1n) is 6.77. The Balaban J connectivity index is 2.13. The highest BCUT2D eigenvalue weighted by Gasteiger charge is 2.12. The molecule has 0 fully saturated rings. The fourth-order valence-corrected chi connectivity index (χ4v) is 3.29. The van der Waals surface area contributed by atoms with Crippen LogP contribution in [0.5, 0.6) is 5.75 Å². The molecule has 20 heavy (non-hydrogen) atoms. The minimum absolute atomic E-state index is 0.150. The van der Waals surface area contributed by atoms with Gasteiger partial charge in [-0.15, -0.1) is 11.3 Å². The first-order chi connectivity index (χ1) is 9.51. The standard InChI is InChI=1S/C16H20FNOS/c1-5-19-16-7-6-13(9-15(16)17)18-11(3)14-8-10(2)20-12(14)4/h6-9,11,18H,5H2,1-4H3. The topological polar surface area (TPSA) is 21.3 Å². The van der Waals surface area contributed by atoms with Crippen LogP contribution in [0.4, 0.5) is 10.1 Å². The van der Waals surface area contributed by atoms with E-state index in [0.29, 0.717) is 12.4 Å². The van der Waals surface area contributed by atoms with Crippen molar-refractivity contribution in [2.24, 2.45) is 0 Å². The van der Waals surface area contributed by atoms with Crippen LogP contribution in [0.25, 0.3) is 0 Å². The Bertz CT molecular complexity index is 594. The van der Waals surface area contributed by atoms with E-state index < -0.39 is 0 Å². The number of hydrogen-bond donors (Lipinski definition) is 1. The van der Waals surface area contributed by atoms with Gasteiger partial charge in [0.1, 0.15) is 0 Å². The van der Waals surface area contributed by atoms with Crippen LogP contribution >= 0.6 is 11.3 Å².